The van der Waals surface area contributed by atoms with Crippen molar-refractivity contribution in [3.63, 3.8) is 0 Å². The first-order valence-electron chi connectivity index (χ1n) is 9.78. The first-order valence-corrected chi connectivity index (χ1v) is 12.0. The van der Waals surface area contributed by atoms with Gasteiger partial charge in [-0.15, -0.1) is 11.3 Å². The number of thioether (sulfide) groups is 1. The summed E-state index contributed by atoms with van der Waals surface area (Å²) in [6.45, 7) is 4.16. The van der Waals surface area contributed by atoms with E-state index in [1.54, 1.807) is 16.7 Å². The van der Waals surface area contributed by atoms with Crippen LogP contribution >= 0.6 is 23.1 Å². The Morgan fingerprint density at radius 2 is 2.03 bits per heavy atom. The van der Waals surface area contributed by atoms with E-state index >= 15 is 0 Å². The molecule has 1 saturated heterocycles. The molecule has 2 aromatic rings. The van der Waals surface area contributed by atoms with Crippen molar-refractivity contribution in [2.24, 2.45) is 5.92 Å². The fourth-order valence-corrected chi connectivity index (χ4v) is 4.54. The van der Waals surface area contributed by atoms with Crippen LogP contribution in [0.3, 0.4) is 0 Å². The number of hydrogen-bond acceptors (Lipinski definition) is 6. The Morgan fingerprint density at radius 1 is 1.30 bits per heavy atom. The van der Waals surface area contributed by atoms with Gasteiger partial charge in [0, 0.05) is 23.5 Å². The number of nitrogens with one attached hydrogen (secondary N) is 2. The maximum atomic E-state index is 12.9. The number of carbonyl (C=O) groups excluding carboxylic acids is 3. The van der Waals surface area contributed by atoms with Gasteiger partial charge in [-0.25, -0.2) is 4.98 Å². The molecular weight excluding hydrogens is 420 g/mol. The number of anilines is 2. The van der Waals surface area contributed by atoms with Gasteiger partial charge in [-0.05, 0) is 44.4 Å². The number of hydrogen-bond donors (Lipinski definition) is 2. The normalized spacial score (nSPS) is 17.1. The number of carbonyl (C=O) groups is 3. The highest BCUT2D eigenvalue weighted by Gasteiger charge is 2.36. The Morgan fingerprint density at radius 3 is 2.67 bits per heavy atom. The Balaban J connectivity index is 1.64. The van der Waals surface area contributed by atoms with Gasteiger partial charge in [0.1, 0.15) is 6.04 Å². The van der Waals surface area contributed by atoms with Crippen molar-refractivity contribution in [1.29, 1.82) is 0 Å². The zero-order valence-corrected chi connectivity index (χ0v) is 18.9. The average Bonchev–Trinajstić information content (AvgIpc) is 3.27. The van der Waals surface area contributed by atoms with Gasteiger partial charge in [0.15, 0.2) is 5.13 Å². The standard InChI is InChI=1S/C21H26N4O3S2/c1-13-14(2)30-21(22-13)24-20(28)17(9-10-29-3)23-19(27)15-11-18(26)25(12-15)16-7-5-4-6-8-16/h4-8,15,17H,9-12H2,1-3H3,(H,23,27)(H,22,24,28)/t15-,17-/m1/s1. The molecule has 7 nitrogen and oxygen atoms in total. The lowest BCUT2D eigenvalue weighted by atomic mass is 10.1. The summed E-state index contributed by atoms with van der Waals surface area (Å²) in [5, 5.41) is 6.21. The molecule has 3 rings (SSSR count). The summed E-state index contributed by atoms with van der Waals surface area (Å²) in [5.74, 6) is -0.384. The van der Waals surface area contributed by atoms with Crippen LogP contribution in [0.25, 0.3) is 0 Å². The number of nitrogens with zero attached hydrogens (tertiary/aromatic N) is 2. The van der Waals surface area contributed by atoms with Crippen LogP contribution in [0.15, 0.2) is 30.3 Å². The average molecular weight is 447 g/mol. The Kier molecular flexibility index (Phi) is 7.49. The maximum absolute atomic E-state index is 12.9. The number of para-hydroxylation sites is 1. The smallest absolute Gasteiger partial charge is 0.248 e. The molecule has 1 fully saturated rings. The van der Waals surface area contributed by atoms with Crippen molar-refractivity contribution in [3.05, 3.63) is 40.9 Å². The molecule has 1 aliphatic rings. The van der Waals surface area contributed by atoms with Gasteiger partial charge in [-0.1, -0.05) is 18.2 Å². The largest absolute Gasteiger partial charge is 0.344 e. The summed E-state index contributed by atoms with van der Waals surface area (Å²) < 4.78 is 0. The fraction of sp³-hybridized carbons (Fsp3) is 0.429. The second-order valence-corrected chi connectivity index (χ2v) is 9.42. The first-order chi connectivity index (χ1) is 14.4. The van der Waals surface area contributed by atoms with Crippen LogP contribution < -0.4 is 15.5 Å². The highest BCUT2D eigenvalue weighted by molar-refractivity contribution is 7.98. The van der Waals surface area contributed by atoms with Crippen LogP contribution in [0, 0.1) is 19.8 Å². The summed E-state index contributed by atoms with van der Waals surface area (Å²) in [7, 11) is 0. The summed E-state index contributed by atoms with van der Waals surface area (Å²) in [5.41, 5.74) is 1.66. The van der Waals surface area contributed by atoms with Gasteiger partial charge in [-0.3, -0.25) is 14.4 Å². The number of rotatable bonds is 8. The molecule has 0 bridgehead atoms. The van der Waals surface area contributed by atoms with E-state index in [9.17, 15) is 14.4 Å². The minimum atomic E-state index is -0.671. The van der Waals surface area contributed by atoms with E-state index < -0.39 is 12.0 Å². The molecule has 0 aliphatic carbocycles. The maximum Gasteiger partial charge on any atom is 0.248 e. The van der Waals surface area contributed by atoms with E-state index in [2.05, 4.69) is 15.6 Å². The highest BCUT2D eigenvalue weighted by Crippen LogP contribution is 2.25. The third-order valence-corrected chi connectivity index (χ3v) is 6.70. The van der Waals surface area contributed by atoms with Crippen molar-refractivity contribution in [3.8, 4) is 0 Å². The Labute approximate surface area is 184 Å². The summed E-state index contributed by atoms with van der Waals surface area (Å²) in [6, 6.07) is 8.64. The summed E-state index contributed by atoms with van der Waals surface area (Å²) >= 11 is 3.02. The molecule has 30 heavy (non-hydrogen) atoms. The number of benzene rings is 1. The monoisotopic (exact) mass is 446 g/mol. The SMILES string of the molecule is CSCC[C@@H](NC(=O)[C@@H]1CC(=O)N(c2ccccc2)C1)C(=O)Nc1nc(C)c(C)s1. The van der Waals surface area contributed by atoms with Crippen molar-refractivity contribution in [2.75, 3.05) is 28.8 Å². The Bertz CT molecular complexity index is 897. The topological polar surface area (TPSA) is 91.4 Å². The number of aromatic nitrogens is 1. The van der Waals surface area contributed by atoms with E-state index in [4.69, 9.17) is 0 Å². The van der Waals surface area contributed by atoms with Gasteiger partial charge in [-0.2, -0.15) is 11.8 Å². The Hall–Kier alpha value is -2.39. The number of thiazole rings is 1. The van der Waals surface area contributed by atoms with Crippen molar-refractivity contribution >= 4 is 51.6 Å². The molecule has 160 valence electrons. The zero-order chi connectivity index (χ0) is 21.7. The van der Waals surface area contributed by atoms with E-state index in [1.807, 2.05) is 50.4 Å². The predicted octanol–water partition coefficient (Wildman–Crippen LogP) is 2.99. The van der Waals surface area contributed by atoms with Crippen LogP contribution in [0.5, 0.6) is 0 Å². The van der Waals surface area contributed by atoms with Gasteiger partial charge in [0.2, 0.25) is 17.7 Å². The molecule has 9 heteroatoms. The molecule has 0 unspecified atom stereocenters. The molecule has 0 spiro atoms. The molecule has 2 atom stereocenters. The highest BCUT2D eigenvalue weighted by atomic mass is 32.2. The van der Waals surface area contributed by atoms with Crippen LogP contribution in [-0.4, -0.2) is 47.3 Å². The molecule has 0 radical (unpaired) electrons. The molecule has 2 N–H and O–H groups in total. The van der Waals surface area contributed by atoms with Crippen LogP contribution in [0.4, 0.5) is 10.8 Å². The van der Waals surface area contributed by atoms with E-state index in [1.165, 1.54) is 11.3 Å². The van der Waals surface area contributed by atoms with Gasteiger partial charge in [0.25, 0.3) is 0 Å². The van der Waals surface area contributed by atoms with E-state index in [0.717, 1.165) is 22.0 Å². The van der Waals surface area contributed by atoms with Crippen molar-refractivity contribution in [1.82, 2.24) is 10.3 Å². The van der Waals surface area contributed by atoms with Gasteiger partial charge >= 0.3 is 0 Å². The predicted molar refractivity (Wildman–Crippen MR) is 122 cm³/mol. The molecule has 0 saturated carbocycles. The quantitative estimate of drug-likeness (QED) is 0.650. The minimum Gasteiger partial charge on any atom is -0.344 e. The van der Waals surface area contributed by atoms with Crippen LogP contribution in [0.1, 0.15) is 23.4 Å². The lowest BCUT2D eigenvalue weighted by Crippen LogP contribution is -2.46. The van der Waals surface area contributed by atoms with Gasteiger partial charge in [0.05, 0.1) is 11.6 Å². The number of aryl methyl sites for hydroxylation is 2. The molecule has 1 aromatic heterocycles. The molecule has 1 aromatic carbocycles. The second-order valence-electron chi connectivity index (χ2n) is 7.23. The molecule has 1 aliphatic heterocycles. The van der Waals surface area contributed by atoms with Crippen LogP contribution in [-0.2, 0) is 14.4 Å². The van der Waals surface area contributed by atoms with E-state index in [-0.39, 0.29) is 24.1 Å². The minimum absolute atomic E-state index is 0.0831. The van der Waals surface area contributed by atoms with Crippen molar-refractivity contribution in [2.45, 2.75) is 32.7 Å². The lowest BCUT2D eigenvalue weighted by Gasteiger charge is -2.20. The lowest BCUT2D eigenvalue weighted by molar-refractivity contribution is -0.129. The zero-order valence-electron chi connectivity index (χ0n) is 17.3. The molecule has 3 amide bonds. The fourth-order valence-electron chi connectivity index (χ4n) is 3.25. The van der Waals surface area contributed by atoms with Crippen LogP contribution in [0.2, 0.25) is 0 Å². The second kappa shape index (κ2) is 10.1. The molecule has 2 heterocycles. The van der Waals surface area contributed by atoms with Crippen molar-refractivity contribution < 1.29 is 14.4 Å². The van der Waals surface area contributed by atoms with Gasteiger partial charge < -0.3 is 15.5 Å². The van der Waals surface area contributed by atoms with E-state index in [0.29, 0.717) is 18.1 Å². The third kappa shape index (κ3) is 5.40. The summed E-state index contributed by atoms with van der Waals surface area (Å²) in [4.78, 5) is 45.1. The third-order valence-electron chi connectivity index (χ3n) is 5.07. The number of amides is 3. The summed E-state index contributed by atoms with van der Waals surface area (Å²) in [6.07, 6.45) is 2.60. The molecular formula is C21H26N4O3S2. The first kappa shape index (κ1) is 22.3.